The van der Waals surface area contributed by atoms with E-state index in [1.165, 1.54) is 22.6 Å². The molecule has 3 fully saturated rings. The predicted molar refractivity (Wildman–Crippen MR) is 118 cm³/mol. The summed E-state index contributed by atoms with van der Waals surface area (Å²) in [6.07, 6.45) is 1.95. The van der Waals surface area contributed by atoms with Gasteiger partial charge in [0.05, 0.1) is 48.6 Å². The second-order valence-electron chi connectivity index (χ2n) is 9.94. The summed E-state index contributed by atoms with van der Waals surface area (Å²) in [7, 11) is 1.53. The number of amides is 1. The third kappa shape index (κ3) is 3.63. The van der Waals surface area contributed by atoms with Gasteiger partial charge in [0.2, 0.25) is 0 Å². The molecule has 0 spiro atoms. The summed E-state index contributed by atoms with van der Waals surface area (Å²) >= 11 is 0. The highest BCUT2D eigenvalue weighted by molar-refractivity contribution is 5.75. The molecule has 1 aliphatic carbocycles. The van der Waals surface area contributed by atoms with Gasteiger partial charge in [-0.25, -0.2) is 4.79 Å². The summed E-state index contributed by atoms with van der Waals surface area (Å²) < 4.78 is 13.0. The average Bonchev–Trinajstić information content (AvgIpc) is 2.75. The fraction of sp³-hybridized carbons (Fsp3) is 0.609. The van der Waals surface area contributed by atoms with Gasteiger partial charge in [0, 0.05) is 17.7 Å². The highest BCUT2D eigenvalue weighted by atomic mass is 16.5. The molecule has 4 heterocycles. The zero-order valence-electron chi connectivity index (χ0n) is 19.0. The van der Waals surface area contributed by atoms with E-state index in [1.807, 2.05) is 20.8 Å². The lowest BCUT2D eigenvalue weighted by molar-refractivity contribution is -0.234. The molecular formula is C23H31N3O6. The molecular weight excluding hydrogens is 414 g/mol. The molecule has 2 bridgehead atoms. The maximum absolute atomic E-state index is 12.6. The topological polar surface area (TPSA) is 114 Å². The van der Waals surface area contributed by atoms with Crippen molar-refractivity contribution < 1.29 is 24.5 Å². The predicted octanol–water partition coefficient (Wildman–Crippen LogP) is 2.63. The van der Waals surface area contributed by atoms with Crippen LogP contribution in [0.4, 0.5) is 4.79 Å². The van der Waals surface area contributed by atoms with Crippen LogP contribution in [-0.2, 0) is 11.3 Å². The van der Waals surface area contributed by atoms with E-state index >= 15 is 0 Å². The van der Waals surface area contributed by atoms with Gasteiger partial charge in [0.25, 0.3) is 5.56 Å². The molecule has 2 N–H and O–H groups in total. The van der Waals surface area contributed by atoms with E-state index in [9.17, 15) is 19.8 Å². The fourth-order valence-electron chi connectivity index (χ4n) is 5.41. The van der Waals surface area contributed by atoms with Crippen molar-refractivity contribution in [1.29, 1.82) is 0 Å². The van der Waals surface area contributed by atoms with Crippen molar-refractivity contribution in [3.8, 4) is 5.75 Å². The number of hydrogen-bond acceptors (Lipinski definition) is 6. The molecule has 1 atom stereocenters. The summed E-state index contributed by atoms with van der Waals surface area (Å²) in [5.41, 5.74) is -0.999. The van der Waals surface area contributed by atoms with Gasteiger partial charge in [-0.15, -0.1) is 0 Å². The molecule has 174 valence electrons. The van der Waals surface area contributed by atoms with E-state index in [4.69, 9.17) is 9.47 Å². The number of aliphatic hydroxyl groups excluding tert-OH is 1. The molecule has 0 aromatic carbocycles. The highest BCUT2D eigenvalue weighted by Crippen LogP contribution is 2.50. The Hall–Kier alpha value is -2.65. The van der Waals surface area contributed by atoms with Crippen molar-refractivity contribution in [3.05, 3.63) is 34.7 Å². The van der Waals surface area contributed by atoms with Gasteiger partial charge in [-0.3, -0.25) is 14.7 Å². The van der Waals surface area contributed by atoms with Crippen LogP contribution in [0.25, 0.3) is 11.0 Å². The van der Waals surface area contributed by atoms with Crippen LogP contribution in [0.1, 0.15) is 46.5 Å². The van der Waals surface area contributed by atoms with Crippen LogP contribution in [-0.4, -0.2) is 67.3 Å². The van der Waals surface area contributed by atoms with Gasteiger partial charge in [-0.1, -0.05) is 0 Å². The lowest BCUT2D eigenvalue weighted by Gasteiger charge is -2.60. The largest absolute Gasteiger partial charge is 0.495 e. The number of rotatable bonds is 5. The van der Waals surface area contributed by atoms with Crippen molar-refractivity contribution in [3.63, 3.8) is 0 Å². The van der Waals surface area contributed by atoms with E-state index in [2.05, 4.69) is 4.98 Å². The zero-order valence-corrected chi connectivity index (χ0v) is 19.0. The van der Waals surface area contributed by atoms with E-state index in [1.54, 1.807) is 18.3 Å². The van der Waals surface area contributed by atoms with Crippen molar-refractivity contribution in [2.24, 2.45) is 0 Å². The minimum absolute atomic E-state index is 0.0555. The standard InChI is InChI=1S/C23H31N3O6/c1-21(2,3)26(20(29)30)22-7-9-23(10-8-22,32-14-22)18(27)13-25-17-11-15(31-4)12-24-16(17)5-6-19(25)28/h5-6,11-12,18,27H,7-10,13-14H2,1-4H3,(H,29,30). The molecule has 0 radical (unpaired) electrons. The smallest absolute Gasteiger partial charge is 0.408 e. The Morgan fingerprint density at radius 3 is 2.53 bits per heavy atom. The normalized spacial score (nSPS) is 26.2. The first kappa shape index (κ1) is 22.5. The Morgan fingerprint density at radius 1 is 1.31 bits per heavy atom. The minimum atomic E-state index is -0.959. The lowest BCUT2D eigenvalue weighted by atomic mass is 9.67. The van der Waals surface area contributed by atoms with Crippen LogP contribution >= 0.6 is 0 Å². The molecule has 1 amide bonds. The molecule has 2 saturated heterocycles. The highest BCUT2D eigenvalue weighted by Gasteiger charge is 2.58. The molecule has 2 aliphatic heterocycles. The van der Waals surface area contributed by atoms with Crippen LogP contribution in [0.2, 0.25) is 0 Å². The van der Waals surface area contributed by atoms with Crippen LogP contribution in [0, 0.1) is 0 Å². The van der Waals surface area contributed by atoms with E-state index < -0.39 is 28.9 Å². The Kier molecular flexibility index (Phi) is 5.45. The van der Waals surface area contributed by atoms with Crippen LogP contribution in [0.3, 0.4) is 0 Å². The summed E-state index contributed by atoms with van der Waals surface area (Å²) in [5.74, 6) is 0.525. The zero-order chi connectivity index (χ0) is 23.3. The van der Waals surface area contributed by atoms with Crippen LogP contribution in [0.15, 0.2) is 29.2 Å². The van der Waals surface area contributed by atoms with Crippen LogP contribution < -0.4 is 10.3 Å². The number of pyridine rings is 2. The molecule has 9 heteroatoms. The first-order chi connectivity index (χ1) is 15.0. The maximum Gasteiger partial charge on any atom is 0.408 e. The molecule has 3 aliphatic rings. The first-order valence-corrected chi connectivity index (χ1v) is 10.9. The quantitative estimate of drug-likeness (QED) is 0.727. The summed E-state index contributed by atoms with van der Waals surface area (Å²) in [4.78, 5) is 30.6. The molecule has 9 nitrogen and oxygen atoms in total. The number of hydrogen-bond donors (Lipinski definition) is 2. The first-order valence-electron chi connectivity index (χ1n) is 10.9. The number of ether oxygens (including phenoxy) is 2. The lowest BCUT2D eigenvalue weighted by Crippen LogP contribution is -2.70. The molecule has 5 rings (SSSR count). The van der Waals surface area contributed by atoms with Crippen molar-refractivity contribution >= 4 is 17.1 Å². The van der Waals surface area contributed by atoms with Crippen molar-refractivity contribution in [2.45, 2.75) is 75.8 Å². The average molecular weight is 446 g/mol. The maximum atomic E-state index is 12.6. The number of carbonyl (C=O) groups is 1. The molecule has 2 aromatic heterocycles. The third-order valence-electron chi connectivity index (χ3n) is 7.00. The number of fused-ring (bicyclic) bond motifs is 4. The van der Waals surface area contributed by atoms with Crippen molar-refractivity contribution in [1.82, 2.24) is 14.5 Å². The Bertz CT molecular complexity index is 1060. The summed E-state index contributed by atoms with van der Waals surface area (Å²) in [5, 5.41) is 21.1. The van der Waals surface area contributed by atoms with Gasteiger partial charge < -0.3 is 24.3 Å². The Labute approximate surface area is 186 Å². The Balaban J connectivity index is 1.60. The van der Waals surface area contributed by atoms with Crippen LogP contribution in [0.5, 0.6) is 5.75 Å². The molecule has 2 aromatic rings. The van der Waals surface area contributed by atoms with E-state index in [-0.39, 0.29) is 18.7 Å². The molecule has 32 heavy (non-hydrogen) atoms. The fourth-order valence-corrected chi connectivity index (χ4v) is 5.41. The number of aliphatic hydroxyl groups is 1. The van der Waals surface area contributed by atoms with Gasteiger partial charge >= 0.3 is 6.09 Å². The van der Waals surface area contributed by atoms with E-state index in [0.29, 0.717) is 42.5 Å². The number of carboxylic acid groups (broad SMARTS) is 1. The third-order valence-corrected chi connectivity index (χ3v) is 7.00. The van der Waals surface area contributed by atoms with Gasteiger partial charge in [-0.2, -0.15) is 0 Å². The van der Waals surface area contributed by atoms with E-state index in [0.717, 1.165) is 0 Å². The number of aromatic nitrogens is 2. The second-order valence-corrected chi connectivity index (χ2v) is 9.94. The van der Waals surface area contributed by atoms with Gasteiger partial charge in [-0.05, 0) is 52.5 Å². The number of methoxy groups -OCH3 is 1. The molecule has 1 saturated carbocycles. The minimum Gasteiger partial charge on any atom is -0.495 e. The van der Waals surface area contributed by atoms with Gasteiger partial charge in [0.15, 0.2) is 0 Å². The second kappa shape index (κ2) is 7.74. The number of nitrogens with zero attached hydrogens (tertiary/aromatic N) is 3. The Morgan fingerprint density at radius 2 is 2.00 bits per heavy atom. The summed E-state index contributed by atoms with van der Waals surface area (Å²) in [6.45, 7) is 5.94. The molecule has 1 unspecified atom stereocenters. The van der Waals surface area contributed by atoms with Crippen molar-refractivity contribution in [2.75, 3.05) is 13.7 Å². The SMILES string of the molecule is COc1cnc2ccc(=O)n(CC(O)C34CCC(N(C(=O)O)C(C)(C)C)(CC3)CO4)c2c1. The van der Waals surface area contributed by atoms with Gasteiger partial charge in [0.1, 0.15) is 11.9 Å². The monoisotopic (exact) mass is 445 g/mol. The summed E-state index contributed by atoms with van der Waals surface area (Å²) in [6, 6.07) is 4.82.